The van der Waals surface area contributed by atoms with Gasteiger partial charge in [-0.05, 0) is 55.5 Å². The van der Waals surface area contributed by atoms with Crippen molar-refractivity contribution in [1.82, 2.24) is 14.8 Å². The minimum atomic E-state index is -0.339. The highest BCUT2D eigenvalue weighted by molar-refractivity contribution is 8.00. The van der Waals surface area contributed by atoms with Crippen molar-refractivity contribution < 1.29 is 9.53 Å². The Kier molecular flexibility index (Phi) is 6.54. The number of amides is 1. The van der Waals surface area contributed by atoms with Crippen molar-refractivity contribution >= 4 is 46.3 Å². The van der Waals surface area contributed by atoms with E-state index in [0.717, 1.165) is 35.3 Å². The number of thioether (sulfide) groups is 1. The van der Waals surface area contributed by atoms with Crippen molar-refractivity contribution in [2.45, 2.75) is 42.8 Å². The Morgan fingerprint density at radius 2 is 2.21 bits per heavy atom. The minimum Gasteiger partial charge on any atom is -0.376 e. The first-order chi connectivity index (χ1) is 14.1. The van der Waals surface area contributed by atoms with Gasteiger partial charge in [0.1, 0.15) is 0 Å². The Morgan fingerprint density at radius 1 is 1.38 bits per heavy atom. The number of anilines is 1. The summed E-state index contributed by atoms with van der Waals surface area (Å²) in [6, 6.07) is 11.1. The number of nitrogens with one attached hydrogen (secondary N) is 1. The quantitative estimate of drug-likeness (QED) is 0.517. The van der Waals surface area contributed by atoms with Gasteiger partial charge in [-0.2, -0.15) is 0 Å². The van der Waals surface area contributed by atoms with Crippen LogP contribution in [-0.2, 0) is 16.1 Å². The summed E-state index contributed by atoms with van der Waals surface area (Å²) in [5.74, 6) is 0.727. The zero-order chi connectivity index (χ0) is 20.2. The molecule has 0 radical (unpaired) electrons. The zero-order valence-electron chi connectivity index (χ0n) is 15.9. The van der Waals surface area contributed by atoms with Gasteiger partial charge in [-0.25, -0.2) is 0 Å². The fourth-order valence-corrected chi connectivity index (χ4v) is 4.81. The molecule has 3 aromatic rings. The number of benzene rings is 1. The smallest absolute Gasteiger partial charge is 0.237 e. The summed E-state index contributed by atoms with van der Waals surface area (Å²) in [4.78, 5) is 13.7. The van der Waals surface area contributed by atoms with Crippen LogP contribution in [0, 0.1) is 0 Å². The van der Waals surface area contributed by atoms with Crippen LogP contribution >= 0.6 is 34.7 Å². The average Bonchev–Trinajstić information content (AvgIpc) is 3.47. The molecule has 2 atom stereocenters. The Morgan fingerprint density at radius 3 is 2.90 bits per heavy atom. The number of carbonyl (C=O) groups excluding carboxylic acids is 1. The van der Waals surface area contributed by atoms with Crippen molar-refractivity contribution in [2.24, 2.45) is 0 Å². The van der Waals surface area contributed by atoms with Crippen LogP contribution in [0.4, 0.5) is 5.69 Å². The number of carbonyl (C=O) groups is 1. The molecule has 6 nitrogen and oxygen atoms in total. The van der Waals surface area contributed by atoms with E-state index < -0.39 is 0 Å². The molecule has 1 amide bonds. The van der Waals surface area contributed by atoms with Crippen molar-refractivity contribution in [3.8, 4) is 10.7 Å². The van der Waals surface area contributed by atoms with Crippen molar-refractivity contribution in [1.29, 1.82) is 0 Å². The van der Waals surface area contributed by atoms with E-state index in [0.29, 0.717) is 17.3 Å². The molecule has 1 fully saturated rings. The Balaban J connectivity index is 1.50. The van der Waals surface area contributed by atoms with Crippen molar-refractivity contribution in [2.75, 3.05) is 11.9 Å². The maximum atomic E-state index is 12.6. The molecule has 2 aromatic heterocycles. The van der Waals surface area contributed by atoms with Crippen molar-refractivity contribution in [3.05, 3.63) is 46.8 Å². The van der Waals surface area contributed by atoms with Crippen LogP contribution in [0.15, 0.2) is 46.9 Å². The highest BCUT2D eigenvalue weighted by Gasteiger charge is 2.25. The fraction of sp³-hybridized carbons (Fsp3) is 0.350. The zero-order valence-corrected chi connectivity index (χ0v) is 18.3. The van der Waals surface area contributed by atoms with E-state index >= 15 is 0 Å². The molecule has 0 spiro atoms. The van der Waals surface area contributed by atoms with E-state index in [9.17, 15) is 4.79 Å². The molecule has 1 aliphatic heterocycles. The van der Waals surface area contributed by atoms with Crippen LogP contribution in [-0.4, -0.2) is 38.6 Å². The molecule has 1 saturated heterocycles. The van der Waals surface area contributed by atoms with Gasteiger partial charge in [0, 0.05) is 17.3 Å². The van der Waals surface area contributed by atoms with Gasteiger partial charge in [-0.15, -0.1) is 21.5 Å². The highest BCUT2D eigenvalue weighted by Crippen LogP contribution is 2.31. The lowest BCUT2D eigenvalue weighted by Gasteiger charge is -2.16. The van der Waals surface area contributed by atoms with Crippen LogP contribution in [0.2, 0.25) is 5.02 Å². The van der Waals surface area contributed by atoms with E-state index in [2.05, 4.69) is 20.1 Å². The molecule has 1 N–H and O–H groups in total. The number of hydrogen-bond donors (Lipinski definition) is 1. The molecule has 3 heterocycles. The van der Waals surface area contributed by atoms with E-state index in [-0.39, 0.29) is 17.3 Å². The van der Waals surface area contributed by atoms with Crippen LogP contribution in [0.25, 0.3) is 10.7 Å². The number of hydrogen-bond acceptors (Lipinski definition) is 6. The maximum absolute atomic E-state index is 12.6. The first kappa shape index (κ1) is 20.4. The topological polar surface area (TPSA) is 69.0 Å². The van der Waals surface area contributed by atoms with Crippen LogP contribution in [0.3, 0.4) is 0 Å². The summed E-state index contributed by atoms with van der Waals surface area (Å²) < 4.78 is 7.90. The second-order valence-electron chi connectivity index (χ2n) is 6.79. The van der Waals surface area contributed by atoms with E-state index in [1.54, 1.807) is 35.6 Å². The van der Waals surface area contributed by atoms with Gasteiger partial charge in [0.25, 0.3) is 0 Å². The monoisotopic (exact) mass is 448 g/mol. The summed E-state index contributed by atoms with van der Waals surface area (Å²) >= 11 is 8.93. The molecule has 2 unspecified atom stereocenters. The first-order valence-corrected chi connectivity index (χ1v) is 11.6. The first-order valence-electron chi connectivity index (χ1n) is 9.42. The summed E-state index contributed by atoms with van der Waals surface area (Å²) in [5.41, 5.74) is 0.715. The average molecular weight is 449 g/mol. The molecule has 0 aliphatic carbocycles. The van der Waals surface area contributed by atoms with Crippen LogP contribution < -0.4 is 5.32 Å². The molecule has 0 bridgehead atoms. The highest BCUT2D eigenvalue weighted by atomic mass is 35.5. The molecular formula is C20H21ClN4O2S2. The second kappa shape index (κ2) is 9.30. The largest absolute Gasteiger partial charge is 0.376 e. The van der Waals surface area contributed by atoms with E-state index in [4.69, 9.17) is 16.3 Å². The molecule has 0 saturated carbocycles. The predicted octanol–water partition coefficient (Wildman–Crippen LogP) is 4.96. The van der Waals surface area contributed by atoms with Crippen LogP contribution in [0.1, 0.15) is 19.8 Å². The molecule has 29 heavy (non-hydrogen) atoms. The third-order valence-corrected chi connectivity index (χ3v) is 6.83. The van der Waals surface area contributed by atoms with Gasteiger partial charge in [0.15, 0.2) is 11.0 Å². The lowest BCUT2D eigenvalue weighted by atomic mass is 10.2. The van der Waals surface area contributed by atoms with Crippen LogP contribution in [0.5, 0.6) is 0 Å². The Labute approximate surface area is 182 Å². The fourth-order valence-electron chi connectivity index (χ4n) is 3.11. The summed E-state index contributed by atoms with van der Waals surface area (Å²) in [5, 5.41) is 14.8. The lowest BCUT2D eigenvalue weighted by molar-refractivity contribution is -0.115. The molecule has 4 rings (SSSR count). The van der Waals surface area contributed by atoms with Gasteiger partial charge in [-0.1, -0.05) is 29.4 Å². The molecular weight excluding hydrogens is 428 g/mol. The van der Waals surface area contributed by atoms with Gasteiger partial charge < -0.3 is 10.1 Å². The third-order valence-electron chi connectivity index (χ3n) is 4.63. The van der Waals surface area contributed by atoms with Gasteiger partial charge >= 0.3 is 0 Å². The summed E-state index contributed by atoms with van der Waals surface area (Å²) in [6.07, 6.45) is 2.25. The third kappa shape index (κ3) is 5.01. The summed E-state index contributed by atoms with van der Waals surface area (Å²) in [6.45, 7) is 3.35. The number of ether oxygens (including phenoxy) is 1. The molecule has 1 aliphatic rings. The Bertz CT molecular complexity index is 954. The maximum Gasteiger partial charge on any atom is 0.237 e. The lowest BCUT2D eigenvalue weighted by Crippen LogP contribution is -2.23. The SMILES string of the molecule is CC(Sc1nnc(-c2cccs2)n1CC1CCCO1)C(=O)Nc1ccc(Cl)cc1. The normalized spacial score (nSPS) is 17.4. The molecule has 1 aromatic carbocycles. The van der Waals surface area contributed by atoms with Gasteiger partial charge in [-0.3, -0.25) is 9.36 Å². The number of nitrogens with zero attached hydrogens (tertiary/aromatic N) is 3. The second-order valence-corrected chi connectivity index (χ2v) is 9.48. The predicted molar refractivity (Wildman–Crippen MR) is 118 cm³/mol. The van der Waals surface area contributed by atoms with Crippen molar-refractivity contribution in [3.63, 3.8) is 0 Å². The standard InChI is InChI=1S/C20H21ClN4O2S2/c1-13(19(26)22-15-8-6-14(21)7-9-15)29-20-24-23-18(17-5-3-11-28-17)25(20)12-16-4-2-10-27-16/h3,5-9,11,13,16H,2,4,10,12H2,1H3,(H,22,26). The molecule has 152 valence electrons. The number of aromatic nitrogens is 3. The number of halogens is 1. The Hall–Kier alpha value is -1.87. The van der Waals surface area contributed by atoms with E-state index in [1.165, 1.54) is 11.8 Å². The van der Waals surface area contributed by atoms with Gasteiger partial charge in [0.2, 0.25) is 5.91 Å². The van der Waals surface area contributed by atoms with Gasteiger partial charge in [0.05, 0.1) is 22.8 Å². The number of thiophene rings is 1. The van der Waals surface area contributed by atoms with E-state index in [1.807, 2.05) is 24.4 Å². The summed E-state index contributed by atoms with van der Waals surface area (Å²) in [7, 11) is 0. The number of rotatable bonds is 7. The minimum absolute atomic E-state index is 0.0957. The molecule has 9 heteroatoms.